The molecular formula is C18H21N3O2S2. The van der Waals surface area contributed by atoms with Crippen molar-refractivity contribution in [3.63, 3.8) is 0 Å². The number of carbonyl (C=O) groups excluding carboxylic acids is 1. The molecule has 0 aliphatic carbocycles. The summed E-state index contributed by atoms with van der Waals surface area (Å²) in [5.41, 5.74) is 1.57. The molecule has 5 nitrogen and oxygen atoms in total. The van der Waals surface area contributed by atoms with E-state index in [0.29, 0.717) is 22.2 Å². The standard InChI is InChI=1S/C18H21N3O2S2/c1-4-10(2)8-12-11(3)25-17-15(12)16(23)20-18(21-17)24-9-14(22)13-6-5-7-19-13/h5-7,10,19H,4,8-9H2,1-3H3,(H,20,21,23)/t10-/m0/s1. The molecule has 3 aromatic rings. The van der Waals surface area contributed by atoms with Gasteiger partial charge in [-0.1, -0.05) is 32.0 Å². The molecule has 7 heteroatoms. The number of hydrogen-bond acceptors (Lipinski definition) is 5. The SMILES string of the molecule is CC[C@H](C)Cc1c(C)sc2nc(SCC(=O)c3ccc[nH]3)[nH]c(=O)c12. The summed E-state index contributed by atoms with van der Waals surface area (Å²) in [5, 5.41) is 1.21. The summed E-state index contributed by atoms with van der Waals surface area (Å²) in [6.45, 7) is 6.40. The van der Waals surface area contributed by atoms with Gasteiger partial charge in [0.25, 0.3) is 5.56 Å². The molecule has 1 atom stereocenters. The maximum absolute atomic E-state index is 12.6. The normalized spacial score (nSPS) is 12.6. The molecule has 0 bridgehead atoms. The molecule has 132 valence electrons. The van der Waals surface area contributed by atoms with Crippen LogP contribution in [-0.2, 0) is 6.42 Å². The first kappa shape index (κ1) is 17.9. The van der Waals surface area contributed by atoms with Crippen LogP contribution in [0.25, 0.3) is 10.2 Å². The van der Waals surface area contributed by atoms with Gasteiger partial charge in [-0.3, -0.25) is 9.59 Å². The highest BCUT2D eigenvalue weighted by Crippen LogP contribution is 2.30. The van der Waals surface area contributed by atoms with Gasteiger partial charge in [-0.05, 0) is 37.0 Å². The number of thioether (sulfide) groups is 1. The molecule has 0 radical (unpaired) electrons. The Labute approximate surface area is 154 Å². The number of carbonyl (C=O) groups is 1. The van der Waals surface area contributed by atoms with Gasteiger partial charge in [0, 0.05) is 11.1 Å². The minimum absolute atomic E-state index is 0.0161. The molecule has 0 unspecified atom stereocenters. The zero-order chi connectivity index (χ0) is 18.0. The second-order valence-electron chi connectivity index (χ2n) is 6.20. The summed E-state index contributed by atoms with van der Waals surface area (Å²) in [6, 6.07) is 3.53. The van der Waals surface area contributed by atoms with E-state index in [4.69, 9.17) is 0 Å². The van der Waals surface area contributed by atoms with Crippen LogP contribution in [0.3, 0.4) is 0 Å². The van der Waals surface area contributed by atoms with Crippen molar-refractivity contribution in [2.24, 2.45) is 5.92 Å². The molecule has 3 rings (SSSR count). The zero-order valence-electron chi connectivity index (χ0n) is 14.5. The van der Waals surface area contributed by atoms with E-state index in [2.05, 4.69) is 28.8 Å². The summed E-state index contributed by atoms with van der Waals surface area (Å²) >= 11 is 2.82. The highest BCUT2D eigenvalue weighted by atomic mass is 32.2. The summed E-state index contributed by atoms with van der Waals surface area (Å²) in [4.78, 5) is 36.9. The summed E-state index contributed by atoms with van der Waals surface area (Å²) in [6.07, 6.45) is 3.69. The van der Waals surface area contributed by atoms with E-state index >= 15 is 0 Å². The average Bonchev–Trinajstić information content (AvgIpc) is 3.21. The van der Waals surface area contributed by atoms with Gasteiger partial charge in [-0.15, -0.1) is 11.3 Å². The molecule has 0 spiro atoms. The highest BCUT2D eigenvalue weighted by Gasteiger charge is 2.17. The predicted octanol–water partition coefficient (Wildman–Crippen LogP) is 4.18. The molecule has 0 aromatic carbocycles. The van der Waals surface area contributed by atoms with Crippen LogP contribution in [0.2, 0.25) is 0 Å². The van der Waals surface area contributed by atoms with Crippen LogP contribution in [-0.4, -0.2) is 26.5 Å². The quantitative estimate of drug-likeness (QED) is 0.369. The maximum Gasteiger partial charge on any atom is 0.260 e. The van der Waals surface area contributed by atoms with Gasteiger partial charge in [0.05, 0.1) is 16.8 Å². The Hall–Kier alpha value is -1.86. The number of hydrogen-bond donors (Lipinski definition) is 2. The molecule has 0 saturated carbocycles. The Morgan fingerprint density at radius 3 is 2.92 bits per heavy atom. The number of aromatic amines is 2. The summed E-state index contributed by atoms with van der Waals surface area (Å²) < 4.78 is 0. The van der Waals surface area contributed by atoms with Crippen LogP contribution in [0.1, 0.15) is 41.2 Å². The summed E-state index contributed by atoms with van der Waals surface area (Å²) in [5.74, 6) is 0.750. The van der Waals surface area contributed by atoms with E-state index in [1.54, 1.807) is 29.7 Å². The topological polar surface area (TPSA) is 78.6 Å². The third-order valence-corrected chi connectivity index (χ3v) is 6.24. The van der Waals surface area contributed by atoms with Crippen LogP contribution >= 0.6 is 23.1 Å². The number of aryl methyl sites for hydroxylation is 1. The maximum atomic E-state index is 12.6. The third kappa shape index (κ3) is 3.88. The lowest BCUT2D eigenvalue weighted by atomic mass is 9.98. The Balaban J connectivity index is 1.85. The van der Waals surface area contributed by atoms with Crippen LogP contribution in [0.5, 0.6) is 0 Å². The third-order valence-electron chi connectivity index (χ3n) is 4.33. The fraction of sp³-hybridized carbons (Fsp3) is 0.389. The molecular weight excluding hydrogens is 354 g/mol. The average molecular weight is 376 g/mol. The number of nitrogens with one attached hydrogen (secondary N) is 2. The van der Waals surface area contributed by atoms with Crippen molar-refractivity contribution in [3.8, 4) is 0 Å². The Morgan fingerprint density at radius 2 is 2.24 bits per heavy atom. The lowest BCUT2D eigenvalue weighted by Crippen LogP contribution is -2.12. The second kappa shape index (κ2) is 7.58. The van der Waals surface area contributed by atoms with Crippen molar-refractivity contribution in [1.82, 2.24) is 15.0 Å². The van der Waals surface area contributed by atoms with Gasteiger partial charge in [0.2, 0.25) is 0 Å². The van der Waals surface area contributed by atoms with E-state index in [1.807, 2.05) is 6.92 Å². The lowest BCUT2D eigenvalue weighted by Gasteiger charge is -2.08. The fourth-order valence-corrected chi connectivity index (χ4v) is 4.53. The number of ketones is 1. The van der Waals surface area contributed by atoms with E-state index in [-0.39, 0.29) is 17.1 Å². The molecule has 3 aromatic heterocycles. The van der Waals surface area contributed by atoms with Crippen molar-refractivity contribution in [2.75, 3.05) is 5.75 Å². The molecule has 0 saturated heterocycles. The molecule has 3 heterocycles. The van der Waals surface area contributed by atoms with Crippen LogP contribution < -0.4 is 5.56 Å². The first-order valence-electron chi connectivity index (χ1n) is 8.31. The van der Waals surface area contributed by atoms with Crippen LogP contribution in [0, 0.1) is 12.8 Å². The number of aromatic nitrogens is 3. The van der Waals surface area contributed by atoms with Crippen molar-refractivity contribution >= 4 is 39.1 Å². The minimum Gasteiger partial charge on any atom is -0.359 e. The van der Waals surface area contributed by atoms with E-state index < -0.39 is 0 Å². The predicted molar refractivity (Wildman–Crippen MR) is 104 cm³/mol. The van der Waals surface area contributed by atoms with E-state index in [1.165, 1.54) is 11.8 Å². The molecule has 0 aliphatic rings. The molecule has 0 amide bonds. The van der Waals surface area contributed by atoms with Crippen molar-refractivity contribution in [2.45, 2.75) is 38.8 Å². The van der Waals surface area contributed by atoms with Gasteiger partial charge in [-0.2, -0.15) is 0 Å². The second-order valence-corrected chi connectivity index (χ2v) is 8.37. The van der Waals surface area contributed by atoms with Crippen molar-refractivity contribution in [3.05, 3.63) is 44.8 Å². The number of fused-ring (bicyclic) bond motifs is 1. The largest absolute Gasteiger partial charge is 0.359 e. The highest BCUT2D eigenvalue weighted by molar-refractivity contribution is 7.99. The Morgan fingerprint density at radius 1 is 1.44 bits per heavy atom. The lowest BCUT2D eigenvalue weighted by molar-refractivity contribution is 0.101. The van der Waals surface area contributed by atoms with Gasteiger partial charge in [0.15, 0.2) is 10.9 Å². The molecule has 0 fully saturated rings. The molecule has 25 heavy (non-hydrogen) atoms. The Bertz CT molecular complexity index is 941. The van der Waals surface area contributed by atoms with Crippen LogP contribution in [0.4, 0.5) is 0 Å². The fourth-order valence-electron chi connectivity index (χ4n) is 2.68. The number of nitrogens with zero attached hydrogens (tertiary/aromatic N) is 1. The first-order chi connectivity index (χ1) is 12.0. The Kier molecular flexibility index (Phi) is 5.44. The number of H-pyrrole nitrogens is 2. The first-order valence-corrected chi connectivity index (χ1v) is 10.1. The van der Waals surface area contributed by atoms with Crippen molar-refractivity contribution < 1.29 is 4.79 Å². The van der Waals surface area contributed by atoms with Gasteiger partial charge in [-0.25, -0.2) is 4.98 Å². The summed E-state index contributed by atoms with van der Waals surface area (Å²) in [7, 11) is 0. The van der Waals surface area contributed by atoms with Gasteiger partial charge >= 0.3 is 0 Å². The van der Waals surface area contributed by atoms with Gasteiger partial charge in [0.1, 0.15) is 4.83 Å². The van der Waals surface area contributed by atoms with E-state index in [0.717, 1.165) is 28.1 Å². The number of thiophene rings is 1. The number of Topliss-reactive ketones (excluding diaryl/α,β-unsaturated/α-hetero) is 1. The zero-order valence-corrected chi connectivity index (χ0v) is 16.1. The van der Waals surface area contributed by atoms with Crippen LogP contribution in [0.15, 0.2) is 28.3 Å². The number of rotatable bonds is 7. The van der Waals surface area contributed by atoms with Gasteiger partial charge < -0.3 is 9.97 Å². The minimum atomic E-state index is -0.109. The monoisotopic (exact) mass is 375 g/mol. The van der Waals surface area contributed by atoms with Crippen molar-refractivity contribution in [1.29, 1.82) is 0 Å². The van der Waals surface area contributed by atoms with E-state index in [9.17, 15) is 9.59 Å². The molecule has 2 N–H and O–H groups in total. The smallest absolute Gasteiger partial charge is 0.260 e. The molecule has 0 aliphatic heterocycles.